The molecule has 3 rings (SSSR count). The Morgan fingerprint density at radius 3 is 2.21 bits per heavy atom. The summed E-state index contributed by atoms with van der Waals surface area (Å²) in [5.41, 5.74) is 1.14. The Morgan fingerprint density at radius 1 is 1.04 bits per heavy atom. The molecule has 2 aromatic rings. The van der Waals surface area contributed by atoms with E-state index in [2.05, 4.69) is 0 Å². The van der Waals surface area contributed by atoms with Crippen molar-refractivity contribution in [3.8, 4) is 5.75 Å². The number of carbonyl (C=O) groups is 2. The lowest BCUT2D eigenvalue weighted by molar-refractivity contribution is -0.138. The predicted molar refractivity (Wildman–Crippen MR) is 106 cm³/mol. The number of ether oxygens (including phenoxy) is 1. The van der Waals surface area contributed by atoms with E-state index in [1.165, 1.54) is 4.90 Å². The van der Waals surface area contributed by atoms with E-state index in [0.29, 0.717) is 23.3 Å². The molecule has 1 aliphatic heterocycles. The Bertz CT molecular complexity index is 954. The van der Waals surface area contributed by atoms with E-state index in [1.807, 2.05) is 18.2 Å². The summed E-state index contributed by atoms with van der Waals surface area (Å²) < 4.78 is 28.9. The fourth-order valence-electron chi connectivity index (χ4n) is 3.24. The van der Waals surface area contributed by atoms with Crippen LogP contribution in [0.1, 0.15) is 29.3 Å². The second kappa shape index (κ2) is 8.14. The molecule has 0 spiro atoms. The number of carbonyl (C=O) groups excluding carboxylic acids is 2. The normalized spacial score (nSPS) is 19.0. The van der Waals surface area contributed by atoms with Crippen molar-refractivity contribution >= 4 is 21.5 Å². The Hall–Kier alpha value is -2.67. The minimum Gasteiger partial charge on any atom is -0.481 e. The zero-order chi connectivity index (χ0) is 20.3. The molecule has 0 N–H and O–H groups in total. The number of benzene rings is 2. The predicted octanol–water partition coefficient (Wildman–Crippen LogP) is 2.33. The second-order valence-electron chi connectivity index (χ2n) is 6.99. The van der Waals surface area contributed by atoms with Crippen molar-refractivity contribution in [2.24, 2.45) is 0 Å². The minimum absolute atomic E-state index is 0.00173. The summed E-state index contributed by atoms with van der Waals surface area (Å²) in [6, 6.07) is 15.3. The highest BCUT2D eigenvalue weighted by Crippen LogP contribution is 2.20. The summed E-state index contributed by atoms with van der Waals surface area (Å²) in [5.74, 6) is 0.225. The molecule has 2 unspecified atom stereocenters. The maximum Gasteiger partial charge on any atom is 0.263 e. The molecular formula is C21H23NO5S. The Labute approximate surface area is 165 Å². The maximum absolute atomic E-state index is 12.6. The lowest BCUT2D eigenvalue weighted by Gasteiger charge is -2.26. The molecular weight excluding hydrogens is 378 g/mol. The van der Waals surface area contributed by atoms with Crippen LogP contribution in [0.5, 0.6) is 5.75 Å². The second-order valence-corrected chi connectivity index (χ2v) is 9.21. The molecule has 7 heteroatoms. The number of ketones is 1. The monoisotopic (exact) mass is 401 g/mol. The van der Waals surface area contributed by atoms with Gasteiger partial charge in [0.25, 0.3) is 5.91 Å². The molecule has 0 aliphatic carbocycles. The Balaban J connectivity index is 1.62. The summed E-state index contributed by atoms with van der Waals surface area (Å²) >= 11 is 0. The van der Waals surface area contributed by atoms with Crippen molar-refractivity contribution in [1.29, 1.82) is 0 Å². The molecule has 1 fully saturated rings. The minimum atomic E-state index is -3.06. The average Bonchev–Trinajstić information content (AvgIpc) is 3.07. The topological polar surface area (TPSA) is 80.8 Å². The molecule has 148 valence electrons. The van der Waals surface area contributed by atoms with E-state index in [9.17, 15) is 18.0 Å². The van der Waals surface area contributed by atoms with Crippen LogP contribution < -0.4 is 4.74 Å². The lowest BCUT2D eigenvalue weighted by Crippen LogP contribution is -2.44. The number of hydrogen-bond donors (Lipinski definition) is 0. The third-order valence-corrected chi connectivity index (χ3v) is 6.67. The number of rotatable bonds is 6. The van der Waals surface area contributed by atoms with Gasteiger partial charge in [0.05, 0.1) is 11.5 Å². The van der Waals surface area contributed by atoms with E-state index >= 15 is 0 Å². The van der Waals surface area contributed by atoms with Crippen LogP contribution in [0, 0.1) is 0 Å². The van der Waals surface area contributed by atoms with Crippen molar-refractivity contribution < 1.29 is 22.7 Å². The first-order valence-corrected chi connectivity index (χ1v) is 10.9. The fraction of sp³-hybridized carbons (Fsp3) is 0.333. The van der Waals surface area contributed by atoms with Gasteiger partial charge in [-0.1, -0.05) is 30.3 Å². The molecule has 1 aliphatic rings. The highest BCUT2D eigenvalue weighted by molar-refractivity contribution is 7.91. The van der Waals surface area contributed by atoms with Gasteiger partial charge in [0.2, 0.25) is 0 Å². The Kier molecular flexibility index (Phi) is 5.84. The highest BCUT2D eigenvalue weighted by Gasteiger charge is 2.34. The zero-order valence-corrected chi connectivity index (χ0v) is 16.7. The summed E-state index contributed by atoms with van der Waals surface area (Å²) in [7, 11) is -1.45. The van der Waals surface area contributed by atoms with Crippen LogP contribution in [-0.4, -0.2) is 55.7 Å². The van der Waals surface area contributed by atoms with Gasteiger partial charge in [-0.05, 0) is 37.6 Å². The van der Waals surface area contributed by atoms with Gasteiger partial charge in [0, 0.05) is 24.2 Å². The molecule has 1 heterocycles. The van der Waals surface area contributed by atoms with Crippen molar-refractivity contribution in [1.82, 2.24) is 4.90 Å². The van der Waals surface area contributed by atoms with Crippen LogP contribution in [0.4, 0.5) is 0 Å². The van der Waals surface area contributed by atoms with E-state index in [-0.39, 0.29) is 29.2 Å². The summed E-state index contributed by atoms with van der Waals surface area (Å²) in [5, 5.41) is 0. The molecule has 2 atom stereocenters. The van der Waals surface area contributed by atoms with Crippen molar-refractivity contribution in [3.05, 3.63) is 65.7 Å². The number of hydrogen-bond acceptors (Lipinski definition) is 5. The molecule has 1 amide bonds. The first-order chi connectivity index (χ1) is 13.3. The van der Waals surface area contributed by atoms with Gasteiger partial charge < -0.3 is 9.64 Å². The third-order valence-electron chi connectivity index (χ3n) is 4.92. The molecule has 1 saturated heterocycles. The van der Waals surface area contributed by atoms with E-state index in [0.717, 1.165) is 0 Å². The van der Waals surface area contributed by atoms with Gasteiger partial charge in [-0.15, -0.1) is 0 Å². The molecule has 28 heavy (non-hydrogen) atoms. The summed E-state index contributed by atoms with van der Waals surface area (Å²) in [6.07, 6.45) is -0.308. The Morgan fingerprint density at radius 2 is 1.64 bits per heavy atom. The SMILES string of the molecule is CC(Oc1ccc(C(=O)c2ccccc2)cc1)C(=O)N(C)C1CCS(=O)(=O)C1. The molecule has 6 nitrogen and oxygen atoms in total. The van der Waals surface area contributed by atoms with Crippen molar-refractivity contribution in [2.45, 2.75) is 25.5 Å². The van der Waals surface area contributed by atoms with Crippen LogP contribution in [-0.2, 0) is 14.6 Å². The van der Waals surface area contributed by atoms with Crippen LogP contribution in [0.15, 0.2) is 54.6 Å². The van der Waals surface area contributed by atoms with E-state index < -0.39 is 15.9 Å². The molecule has 0 aromatic heterocycles. The standard InChI is InChI=1S/C21H23NO5S/c1-15(21(24)22(2)18-12-13-28(25,26)14-18)27-19-10-8-17(9-11-19)20(23)16-6-4-3-5-7-16/h3-11,15,18H,12-14H2,1-2H3. The van der Waals surface area contributed by atoms with Crippen LogP contribution in [0.25, 0.3) is 0 Å². The first kappa shape index (κ1) is 20.1. The van der Waals surface area contributed by atoms with Crippen molar-refractivity contribution in [2.75, 3.05) is 18.6 Å². The summed E-state index contributed by atoms with van der Waals surface area (Å²) in [6.45, 7) is 1.63. The maximum atomic E-state index is 12.6. The fourth-order valence-corrected chi connectivity index (χ4v) is 5.02. The number of sulfone groups is 1. The molecule has 0 radical (unpaired) electrons. The largest absolute Gasteiger partial charge is 0.481 e. The van der Waals surface area contributed by atoms with E-state index in [1.54, 1.807) is 50.4 Å². The van der Waals surface area contributed by atoms with Crippen LogP contribution >= 0.6 is 0 Å². The van der Waals surface area contributed by atoms with Gasteiger partial charge in [-0.2, -0.15) is 0 Å². The van der Waals surface area contributed by atoms with Crippen LogP contribution in [0.3, 0.4) is 0 Å². The summed E-state index contributed by atoms with van der Waals surface area (Å²) in [4.78, 5) is 26.4. The number of nitrogens with zero attached hydrogens (tertiary/aromatic N) is 1. The van der Waals surface area contributed by atoms with Gasteiger partial charge in [-0.3, -0.25) is 9.59 Å². The zero-order valence-electron chi connectivity index (χ0n) is 15.9. The smallest absolute Gasteiger partial charge is 0.263 e. The lowest BCUT2D eigenvalue weighted by atomic mass is 10.0. The molecule has 0 saturated carbocycles. The first-order valence-electron chi connectivity index (χ1n) is 9.10. The number of likely N-dealkylation sites (N-methyl/N-ethyl adjacent to an activating group) is 1. The highest BCUT2D eigenvalue weighted by atomic mass is 32.2. The van der Waals surface area contributed by atoms with E-state index in [4.69, 9.17) is 4.74 Å². The van der Waals surface area contributed by atoms with Gasteiger partial charge in [0.1, 0.15) is 5.75 Å². The third kappa shape index (κ3) is 4.59. The van der Waals surface area contributed by atoms with Crippen LogP contribution in [0.2, 0.25) is 0 Å². The number of amides is 1. The van der Waals surface area contributed by atoms with Gasteiger partial charge >= 0.3 is 0 Å². The van der Waals surface area contributed by atoms with Gasteiger partial charge in [-0.25, -0.2) is 8.42 Å². The quantitative estimate of drug-likeness (QED) is 0.694. The molecule has 0 bridgehead atoms. The molecule has 2 aromatic carbocycles. The average molecular weight is 401 g/mol. The van der Waals surface area contributed by atoms with Gasteiger partial charge in [0.15, 0.2) is 21.7 Å². The van der Waals surface area contributed by atoms with Crippen molar-refractivity contribution in [3.63, 3.8) is 0 Å².